The van der Waals surface area contributed by atoms with Gasteiger partial charge in [0.2, 0.25) is 0 Å². The summed E-state index contributed by atoms with van der Waals surface area (Å²) < 4.78 is 0. The van der Waals surface area contributed by atoms with Gasteiger partial charge in [0.1, 0.15) is 0 Å². The van der Waals surface area contributed by atoms with Crippen LogP contribution in [0.15, 0.2) is 58.5 Å². The van der Waals surface area contributed by atoms with Crippen LogP contribution in [0.3, 0.4) is 0 Å². The van der Waals surface area contributed by atoms with Gasteiger partial charge in [-0.2, -0.15) is 0 Å². The molecule has 0 saturated carbocycles. The molecule has 0 N–H and O–H groups in total. The van der Waals surface area contributed by atoms with Crippen molar-refractivity contribution >= 4 is 34.6 Å². The Morgan fingerprint density at radius 2 is 0.950 bits per heavy atom. The van der Waals surface area contributed by atoms with E-state index >= 15 is 0 Å². The first-order chi connectivity index (χ1) is 9.74. The SMILES string of the molecule is Clc1ccc(C2=NCCN=C2c2ccc(Cl)cc2)cc1. The van der Waals surface area contributed by atoms with Gasteiger partial charge in [0.15, 0.2) is 0 Å². The van der Waals surface area contributed by atoms with Gasteiger partial charge in [0, 0.05) is 21.2 Å². The van der Waals surface area contributed by atoms with E-state index < -0.39 is 0 Å². The molecule has 2 nitrogen and oxygen atoms in total. The third-order valence-electron chi connectivity index (χ3n) is 3.10. The lowest BCUT2D eigenvalue weighted by atomic mass is 9.99. The van der Waals surface area contributed by atoms with E-state index in [0.717, 1.165) is 45.7 Å². The fourth-order valence-corrected chi connectivity index (χ4v) is 2.40. The van der Waals surface area contributed by atoms with E-state index in [9.17, 15) is 0 Å². The fraction of sp³-hybridized carbons (Fsp3) is 0.125. The predicted octanol–water partition coefficient (Wildman–Crippen LogP) is 4.29. The van der Waals surface area contributed by atoms with Crippen molar-refractivity contribution in [3.8, 4) is 0 Å². The Hall–Kier alpha value is -1.64. The Balaban J connectivity index is 2.01. The van der Waals surface area contributed by atoms with Crippen LogP contribution in [0.2, 0.25) is 10.0 Å². The van der Waals surface area contributed by atoms with Crippen LogP contribution >= 0.6 is 23.2 Å². The second kappa shape index (κ2) is 5.78. The summed E-state index contributed by atoms with van der Waals surface area (Å²) in [6.45, 7) is 1.43. The molecule has 0 aliphatic carbocycles. The summed E-state index contributed by atoms with van der Waals surface area (Å²) in [5.74, 6) is 0. The molecule has 0 aromatic heterocycles. The molecule has 0 fully saturated rings. The Labute approximate surface area is 127 Å². The molecule has 100 valence electrons. The average molecular weight is 303 g/mol. The lowest BCUT2D eigenvalue weighted by Crippen LogP contribution is -2.22. The monoisotopic (exact) mass is 302 g/mol. The molecule has 2 aromatic carbocycles. The molecule has 0 unspecified atom stereocenters. The van der Waals surface area contributed by atoms with Gasteiger partial charge in [0.05, 0.1) is 24.5 Å². The third-order valence-corrected chi connectivity index (χ3v) is 3.60. The molecule has 0 atom stereocenters. The maximum atomic E-state index is 5.94. The Morgan fingerprint density at radius 1 is 0.600 bits per heavy atom. The van der Waals surface area contributed by atoms with Crippen LogP contribution in [-0.2, 0) is 0 Å². The summed E-state index contributed by atoms with van der Waals surface area (Å²) in [4.78, 5) is 9.24. The topological polar surface area (TPSA) is 24.7 Å². The van der Waals surface area contributed by atoms with Crippen LogP contribution in [0.1, 0.15) is 11.1 Å². The highest BCUT2D eigenvalue weighted by Gasteiger charge is 2.16. The average Bonchev–Trinajstić information content (AvgIpc) is 2.49. The molecule has 20 heavy (non-hydrogen) atoms. The minimum atomic E-state index is 0.717. The van der Waals surface area contributed by atoms with Crippen LogP contribution in [-0.4, -0.2) is 24.5 Å². The standard InChI is InChI=1S/C16H12Cl2N2/c17-13-5-1-11(2-6-13)15-16(20-10-9-19-15)12-3-7-14(18)8-4-12/h1-8H,9-10H2. The van der Waals surface area contributed by atoms with E-state index in [2.05, 4.69) is 9.98 Å². The van der Waals surface area contributed by atoms with Gasteiger partial charge in [-0.15, -0.1) is 0 Å². The summed E-state index contributed by atoms with van der Waals surface area (Å²) in [7, 11) is 0. The molecule has 4 heteroatoms. The van der Waals surface area contributed by atoms with Crippen LogP contribution in [0.5, 0.6) is 0 Å². The van der Waals surface area contributed by atoms with Crippen molar-refractivity contribution in [3.05, 3.63) is 69.7 Å². The van der Waals surface area contributed by atoms with Crippen LogP contribution in [0.4, 0.5) is 0 Å². The number of benzene rings is 2. The van der Waals surface area contributed by atoms with Crippen LogP contribution in [0.25, 0.3) is 0 Å². The van der Waals surface area contributed by atoms with Gasteiger partial charge >= 0.3 is 0 Å². The highest BCUT2D eigenvalue weighted by Crippen LogP contribution is 2.17. The number of rotatable bonds is 2. The maximum absolute atomic E-state index is 5.94. The predicted molar refractivity (Wildman–Crippen MR) is 85.7 cm³/mol. The number of nitrogens with zero attached hydrogens (tertiary/aromatic N) is 2. The van der Waals surface area contributed by atoms with E-state index in [0.29, 0.717) is 0 Å². The summed E-state index contributed by atoms with van der Waals surface area (Å²) in [6.07, 6.45) is 0. The highest BCUT2D eigenvalue weighted by molar-refractivity contribution is 6.54. The first-order valence-electron chi connectivity index (χ1n) is 6.35. The Kier molecular flexibility index (Phi) is 3.86. The summed E-state index contributed by atoms with van der Waals surface area (Å²) in [5, 5.41) is 1.44. The van der Waals surface area contributed by atoms with Gasteiger partial charge in [-0.1, -0.05) is 47.5 Å². The smallest absolute Gasteiger partial charge is 0.0905 e. The second-order valence-electron chi connectivity index (χ2n) is 4.47. The molecule has 1 aliphatic heterocycles. The summed E-state index contributed by atoms with van der Waals surface area (Å²) in [5.41, 5.74) is 3.89. The Bertz CT molecular complexity index is 609. The van der Waals surface area contributed by atoms with Gasteiger partial charge in [-0.05, 0) is 24.3 Å². The fourth-order valence-electron chi connectivity index (χ4n) is 2.14. The first-order valence-corrected chi connectivity index (χ1v) is 7.11. The van der Waals surface area contributed by atoms with Crippen molar-refractivity contribution in [2.24, 2.45) is 9.98 Å². The molecule has 2 aromatic rings. The lowest BCUT2D eigenvalue weighted by molar-refractivity contribution is 0.964. The summed E-state index contributed by atoms with van der Waals surface area (Å²) >= 11 is 11.9. The molecule has 1 aliphatic rings. The van der Waals surface area contributed by atoms with Gasteiger partial charge in [-0.25, -0.2) is 0 Å². The van der Waals surface area contributed by atoms with Crippen molar-refractivity contribution in [3.63, 3.8) is 0 Å². The first kappa shape index (κ1) is 13.3. The van der Waals surface area contributed by atoms with E-state index in [1.807, 2.05) is 48.5 Å². The molecule has 1 heterocycles. The quantitative estimate of drug-likeness (QED) is 0.791. The number of halogens is 2. The number of aliphatic imine (C=N–C) groups is 2. The van der Waals surface area contributed by atoms with Crippen molar-refractivity contribution < 1.29 is 0 Å². The normalized spacial score (nSPS) is 14.7. The zero-order valence-corrected chi connectivity index (χ0v) is 12.2. The van der Waals surface area contributed by atoms with E-state index in [1.54, 1.807) is 0 Å². The summed E-state index contributed by atoms with van der Waals surface area (Å²) in [6, 6.07) is 15.4. The minimum absolute atomic E-state index is 0.717. The molecule has 0 radical (unpaired) electrons. The molecular formula is C16H12Cl2N2. The van der Waals surface area contributed by atoms with Gasteiger partial charge in [-0.3, -0.25) is 9.98 Å². The van der Waals surface area contributed by atoms with Gasteiger partial charge < -0.3 is 0 Å². The van der Waals surface area contributed by atoms with Crippen molar-refractivity contribution in [2.45, 2.75) is 0 Å². The lowest BCUT2D eigenvalue weighted by Gasteiger charge is -2.15. The highest BCUT2D eigenvalue weighted by atomic mass is 35.5. The zero-order chi connectivity index (χ0) is 13.9. The molecule has 0 amide bonds. The zero-order valence-electron chi connectivity index (χ0n) is 10.7. The maximum Gasteiger partial charge on any atom is 0.0905 e. The van der Waals surface area contributed by atoms with E-state index in [-0.39, 0.29) is 0 Å². The van der Waals surface area contributed by atoms with Gasteiger partial charge in [0.25, 0.3) is 0 Å². The van der Waals surface area contributed by atoms with Crippen LogP contribution in [0, 0.1) is 0 Å². The molecule has 0 bridgehead atoms. The molecule has 0 spiro atoms. The van der Waals surface area contributed by atoms with Crippen molar-refractivity contribution in [1.29, 1.82) is 0 Å². The van der Waals surface area contributed by atoms with E-state index in [1.165, 1.54) is 0 Å². The number of hydrogen-bond acceptors (Lipinski definition) is 2. The molecule has 3 rings (SSSR count). The van der Waals surface area contributed by atoms with Crippen molar-refractivity contribution in [1.82, 2.24) is 0 Å². The largest absolute Gasteiger partial charge is 0.281 e. The Morgan fingerprint density at radius 3 is 1.30 bits per heavy atom. The minimum Gasteiger partial charge on any atom is -0.281 e. The molecule has 0 saturated heterocycles. The second-order valence-corrected chi connectivity index (χ2v) is 5.35. The van der Waals surface area contributed by atoms with Crippen molar-refractivity contribution in [2.75, 3.05) is 13.1 Å². The van der Waals surface area contributed by atoms with Crippen LogP contribution < -0.4 is 0 Å². The number of hydrogen-bond donors (Lipinski definition) is 0. The molecular weight excluding hydrogens is 291 g/mol. The third kappa shape index (κ3) is 2.77. The van der Waals surface area contributed by atoms with E-state index in [4.69, 9.17) is 23.2 Å².